The molecule has 2 aromatic heterocycles. The van der Waals surface area contributed by atoms with Gasteiger partial charge < -0.3 is 20.5 Å². The standard InChI is InChI=1S/C24H27N7O2/c1-16-3-5-20(6-4-16)33-22-18(12-26-15-29-22)14-28-23-27-13-17(11-25)21(31-23)30-19-7-9-24(2,32)10-8-19/h3-6,12-13,15,19,32H,7-10,14H2,1-2H3,(H2,27,28,30,31). The highest BCUT2D eigenvalue weighted by Crippen LogP contribution is 2.30. The molecule has 0 saturated heterocycles. The van der Waals surface area contributed by atoms with Crippen LogP contribution in [0.3, 0.4) is 0 Å². The Balaban J connectivity index is 1.44. The van der Waals surface area contributed by atoms with E-state index in [-0.39, 0.29) is 6.04 Å². The van der Waals surface area contributed by atoms with E-state index in [0.717, 1.165) is 24.0 Å². The molecule has 3 N–H and O–H groups in total. The summed E-state index contributed by atoms with van der Waals surface area (Å²) in [5.41, 5.74) is 1.65. The van der Waals surface area contributed by atoms with Gasteiger partial charge in [-0.05, 0) is 51.7 Å². The molecule has 0 bridgehead atoms. The Labute approximate surface area is 192 Å². The number of aromatic nitrogens is 4. The summed E-state index contributed by atoms with van der Waals surface area (Å²) in [4.78, 5) is 17.1. The Morgan fingerprint density at radius 1 is 1.18 bits per heavy atom. The molecule has 2 heterocycles. The number of hydrogen-bond donors (Lipinski definition) is 3. The predicted molar refractivity (Wildman–Crippen MR) is 124 cm³/mol. The first-order chi connectivity index (χ1) is 15.9. The summed E-state index contributed by atoms with van der Waals surface area (Å²) in [6.07, 6.45) is 7.66. The SMILES string of the molecule is Cc1ccc(Oc2ncncc2CNc2ncc(C#N)c(NC3CCC(C)(O)CC3)n2)cc1. The lowest BCUT2D eigenvalue weighted by molar-refractivity contribution is 0.0196. The fraction of sp³-hybridized carbons (Fsp3) is 0.375. The van der Waals surface area contributed by atoms with Gasteiger partial charge in [-0.3, -0.25) is 0 Å². The van der Waals surface area contributed by atoms with Gasteiger partial charge in [0.2, 0.25) is 11.8 Å². The molecule has 0 atom stereocenters. The number of nitriles is 1. The second-order valence-corrected chi connectivity index (χ2v) is 8.61. The van der Waals surface area contributed by atoms with Crippen molar-refractivity contribution in [1.82, 2.24) is 19.9 Å². The minimum Gasteiger partial charge on any atom is -0.439 e. The maximum Gasteiger partial charge on any atom is 0.227 e. The number of anilines is 2. The molecular formula is C24H27N7O2. The van der Waals surface area contributed by atoms with Gasteiger partial charge in [0.05, 0.1) is 17.4 Å². The van der Waals surface area contributed by atoms with Crippen LogP contribution in [-0.4, -0.2) is 36.7 Å². The summed E-state index contributed by atoms with van der Waals surface area (Å²) in [5, 5.41) is 26.2. The zero-order valence-electron chi connectivity index (χ0n) is 18.7. The minimum atomic E-state index is -0.620. The number of rotatable bonds is 7. The van der Waals surface area contributed by atoms with Gasteiger partial charge in [0, 0.05) is 18.8 Å². The number of hydrogen-bond acceptors (Lipinski definition) is 9. The van der Waals surface area contributed by atoms with Crippen LogP contribution in [0.5, 0.6) is 11.6 Å². The van der Waals surface area contributed by atoms with Gasteiger partial charge in [0.15, 0.2) is 0 Å². The Morgan fingerprint density at radius 3 is 2.67 bits per heavy atom. The van der Waals surface area contributed by atoms with E-state index in [4.69, 9.17) is 4.74 Å². The van der Waals surface area contributed by atoms with E-state index in [9.17, 15) is 10.4 Å². The summed E-state index contributed by atoms with van der Waals surface area (Å²) in [6.45, 7) is 4.23. The largest absolute Gasteiger partial charge is 0.439 e. The lowest BCUT2D eigenvalue weighted by Gasteiger charge is -2.33. The highest BCUT2D eigenvalue weighted by Gasteiger charge is 2.29. The zero-order chi connectivity index (χ0) is 23.3. The average Bonchev–Trinajstić information content (AvgIpc) is 2.81. The molecule has 33 heavy (non-hydrogen) atoms. The molecule has 0 radical (unpaired) electrons. The molecule has 0 aliphatic heterocycles. The summed E-state index contributed by atoms with van der Waals surface area (Å²) in [7, 11) is 0. The second-order valence-electron chi connectivity index (χ2n) is 8.61. The molecular weight excluding hydrogens is 418 g/mol. The molecule has 0 spiro atoms. The Kier molecular flexibility index (Phi) is 6.66. The molecule has 4 rings (SSSR count). The molecule has 0 unspecified atom stereocenters. The van der Waals surface area contributed by atoms with Crippen LogP contribution in [0.4, 0.5) is 11.8 Å². The molecule has 3 aromatic rings. The van der Waals surface area contributed by atoms with Gasteiger partial charge in [-0.25, -0.2) is 15.0 Å². The lowest BCUT2D eigenvalue weighted by atomic mass is 9.83. The van der Waals surface area contributed by atoms with Crippen molar-refractivity contribution in [2.24, 2.45) is 0 Å². The quantitative estimate of drug-likeness (QED) is 0.495. The van der Waals surface area contributed by atoms with Gasteiger partial charge >= 0.3 is 0 Å². The highest BCUT2D eigenvalue weighted by atomic mass is 16.5. The molecule has 170 valence electrons. The normalized spacial score (nSPS) is 20.0. The van der Waals surface area contributed by atoms with Crippen molar-refractivity contribution in [3.63, 3.8) is 0 Å². The highest BCUT2D eigenvalue weighted by molar-refractivity contribution is 5.54. The van der Waals surface area contributed by atoms with Crippen molar-refractivity contribution >= 4 is 11.8 Å². The maximum atomic E-state index is 10.2. The van der Waals surface area contributed by atoms with E-state index in [1.165, 1.54) is 12.5 Å². The fourth-order valence-electron chi connectivity index (χ4n) is 3.69. The fourth-order valence-corrected chi connectivity index (χ4v) is 3.69. The first kappa shape index (κ1) is 22.4. The van der Waals surface area contributed by atoms with Gasteiger partial charge in [0.1, 0.15) is 29.5 Å². The summed E-state index contributed by atoms with van der Waals surface area (Å²) in [5.74, 6) is 2.00. The van der Waals surface area contributed by atoms with E-state index < -0.39 is 5.60 Å². The molecule has 1 fully saturated rings. The second kappa shape index (κ2) is 9.79. The van der Waals surface area contributed by atoms with Crippen LogP contribution in [0.2, 0.25) is 0 Å². The van der Waals surface area contributed by atoms with Crippen molar-refractivity contribution < 1.29 is 9.84 Å². The van der Waals surface area contributed by atoms with Gasteiger partial charge in [-0.15, -0.1) is 0 Å². The van der Waals surface area contributed by atoms with Crippen LogP contribution < -0.4 is 15.4 Å². The Hall–Kier alpha value is -3.77. The van der Waals surface area contributed by atoms with Gasteiger partial charge in [-0.1, -0.05) is 17.7 Å². The number of nitrogens with one attached hydrogen (secondary N) is 2. The molecule has 1 aromatic carbocycles. The van der Waals surface area contributed by atoms with Crippen LogP contribution in [-0.2, 0) is 6.54 Å². The van der Waals surface area contributed by atoms with E-state index in [0.29, 0.717) is 48.3 Å². The monoisotopic (exact) mass is 445 g/mol. The summed E-state index contributed by atoms with van der Waals surface area (Å²) >= 11 is 0. The Morgan fingerprint density at radius 2 is 1.94 bits per heavy atom. The molecule has 0 amide bonds. The van der Waals surface area contributed by atoms with Crippen molar-refractivity contribution in [3.8, 4) is 17.7 Å². The van der Waals surface area contributed by atoms with Gasteiger partial charge in [-0.2, -0.15) is 10.2 Å². The van der Waals surface area contributed by atoms with Crippen molar-refractivity contribution in [2.45, 2.75) is 57.7 Å². The van der Waals surface area contributed by atoms with E-state index >= 15 is 0 Å². The van der Waals surface area contributed by atoms with Crippen molar-refractivity contribution in [2.75, 3.05) is 10.6 Å². The summed E-state index contributed by atoms with van der Waals surface area (Å²) < 4.78 is 5.92. The summed E-state index contributed by atoms with van der Waals surface area (Å²) in [6, 6.07) is 10.0. The third-order valence-electron chi connectivity index (χ3n) is 5.73. The molecule has 1 aliphatic rings. The third-order valence-corrected chi connectivity index (χ3v) is 5.73. The van der Waals surface area contributed by atoms with E-state index in [2.05, 4.69) is 36.6 Å². The van der Waals surface area contributed by atoms with Crippen molar-refractivity contribution in [1.29, 1.82) is 5.26 Å². The average molecular weight is 446 g/mol. The van der Waals surface area contributed by atoms with E-state index in [1.807, 2.05) is 38.1 Å². The predicted octanol–water partition coefficient (Wildman–Crippen LogP) is 3.96. The molecule has 9 heteroatoms. The van der Waals surface area contributed by atoms with Crippen molar-refractivity contribution in [3.05, 3.63) is 59.7 Å². The number of ether oxygens (including phenoxy) is 1. The van der Waals surface area contributed by atoms with Crippen LogP contribution in [0.15, 0.2) is 43.0 Å². The number of aryl methyl sites for hydroxylation is 1. The molecule has 1 saturated carbocycles. The van der Waals surface area contributed by atoms with Crippen LogP contribution >= 0.6 is 0 Å². The lowest BCUT2D eigenvalue weighted by Crippen LogP contribution is -2.36. The number of benzene rings is 1. The number of nitrogens with zero attached hydrogens (tertiary/aromatic N) is 5. The topological polar surface area (TPSA) is 129 Å². The van der Waals surface area contributed by atoms with Crippen LogP contribution in [0.25, 0.3) is 0 Å². The zero-order valence-corrected chi connectivity index (χ0v) is 18.7. The van der Waals surface area contributed by atoms with E-state index in [1.54, 1.807) is 6.20 Å². The smallest absolute Gasteiger partial charge is 0.227 e. The van der Waals surface area contributed by atoms with Crippen LogP contribution in [0.1, 0.15) is 49.3 Å². The Bertz CT molecular complexity index is 1130. The third kappa shape index (κ3) is 5.93. The maximum absolute atomic E-state index is 10.2. The first-order valence-electron chi connectivity index (χ1n) is 11.0. The molecule has 9 nitrogen and oxygen atoms in total. The first-order valence-corrected chi connectivity index (χ1v) is 11.0. The van der Waals surface area contributed by atoms with Gasteiger partial charge in [0.25, 0.3) is 0 Å². The molecule has 1 aliphatic carbocycles. The van der Waals surface area contributed by atoms with Crippen LogP contribution in [0, 0.1) is 18.3 Å². The minimum absolute atomic E-state index is 0.150. The number of aliphatic hydroxyl groups is 1.